The van der Waals surface area contributed by atoms with Crippen molar-refractivity contribution in [3.63, 3.8) is 0 Å². The first-order valence-corrected chi connectivity index (χ1v) is 8.64. The second kappa shape index (κ2) is 5.33. The Morgan fingerprint density at radius 3 is 2.95 bits per heavy atom. The maximum atomic E-state index is 11.6. The minimum Gasteiger partial charge on any atom is -0.439 e. The zero-order chi connectivity index (χ0) is 15.9. The van der Waals surface area contributed by atoms with Gasteiger partial charge >= 0.3 is 0 Å². The Kier molecular flexibility index (Phi) is 3.61. The lowest BCUT2D eigenvalue weighted by molar-refractivity contribution is -0.384. The van der Waals surface area contributed by atoms with E-state index in [9.17, 15) is 18.5 Å². The van der Waals surface area contributed by atoms with Crippen molar-refractivity contribution in [3.8, 4) is 0 Å². The summed E-state index contributed by atoms with van der Waals surface area (Å²) in [7, 11) is -2.96. The molecule has 8 nitrogen and oxygen atoms in total. The topological polar surface area (TPSA) is 107 Å². The Labute approximate surface area is 126 Å². The number of sulfone groups is 1. The molecule has 1 atom stereocenters. The number of non-ortho nitro benzene ring substituents is 1. The molecule has 1 fully saturated rings. The van der Waals surface area contributed by atoms with Crippen LogP contribution in [-0.2, 0) is 16.4 Å². The number of oxazole rings is 1. The molecule has 9 heteroatoms. The van der Waals surface area contributed by atoms with Gasteiger partial charge in [-0.3, -0.25) is 15.0 Å². The lowest BCUT2D eigenvalue weighted by Crippen LogP contribution is -2.46. The molecule has 0 bridgehead atoms. The standard InChI is InChI=1S/C13H15N3O5S/c1-9-8-22(19,20)5-4-15(9)7-13-14-11-6-10(16(17)18)2-3-12(11)21-13/h2-3,6,9H,4-5,7-8H2,1H3/t9-/m1/s1. The van der Waals surface area contributed by atoms with Crippen molar-refractivity contribution in [2.75, 3.05) is 18.1 Å². The first kappa shape index (κ1) is 14.9. The highest BCUT2D eigenvalue weighted by Crippen LogP contribution is 2.23. The molecule has 0 N–H and O–H groups in total. The molecule has 0 unspecified atom stereocenters. The summed E-state index contributed by atoms with van der Waals surface area (Å²) in [4.78, 5) is 16.5. The van der Waals surface area contributed by atoms with Crippen molar-refractivity contribution < 1.29 is 17.8 Å². The van der Waals surface area contributed by atoms with Crippen molar-refractivity contribution >= 4 is 26.6 Å². The average molecular weight is 325 g/mol. The first-order chi connectivity index (χ1) is 10.3. The van der Waals surface area contributed by atoms with Gasteiger partial charge in [-0.1, -0.05) is 0 Å². The minimum atomic E-state index is -2.96. The molecule has 22 heavy (non-hydrogen) atoms. The van der Waals surface area contributed by atoms with Crippen LogP contribution in [0.3, 0.4) is 0 Å². The third-order valence-electron chi connectivity index (χ3n) is 3.77. The summed E-state index contributed by atoms with van der Waals surface area (Å²) in [5, 5.41) is 10.8. The van der Waals surface area contributed by atoms with Crippen LogP contribution in [0.1, 0.15) is 12.8 Å². The van der Waals surface area contributed by atoms with Gasteiger partial charge in [0, 0.05) is 24.7 Å². The molecule has 0 saturated carbocycles. The van der Waals surface area contributed by atoms with E-state index in [1.807, 2.05) is 11.8 Å². The smallest absolute Gasteiger partial charge is 0.271 e. The van der Waals surface area contributed by atoms with E-state index < -0.39 is 14.8 Å². The van der Waals surface area contributed by atoms with Crippen LogP contribution < -0.4 is 0 Å². The Morgan fingerprint density at radius 2 is 2.27 bits per heavy atom. The van der Waals surface area contributed by atoms with Crippen LogP contribution in [0.2, 0.25) is 0 Å². The molecule has 0 radical (unpaired) electrons. The van der Waals surface area contributed by atoms with Gasteiger partial charge < -0.3 is 4.42 Å². The van der Waals surface area contributed by atoms with E-state index in [0.29, 0.717) is 30.1 Å². The molecule has 3 rings (SSSR count). The van der Waals surface area contributed by atoms with Crippen molar-refractivity contribution in [2.45, 2.75) is 19.5 Å². The molecule has 1 aliphatic heterocycles. The Balaban J connectivity index is 1.81. The normalized spacial score (nSPS) is 22.0. The van der Waals surface area contributed by atoms with Crippen molar-refractivity contribution in [3.05, 3.63) is 34.2 Å². The summed E-state index contributed by atoms with van der Waals surface area (Å²) in [6, 6.07) is 4.15. The molecule has 2 aromatic rings. The second-order valence-corrected chi connectivity index (χ2v) is 7.68. The van der Waals surface area contributed by atoms with Gasteiger partial charge in [-0.2, -0.15) is 0 Å². The van der Waals surface area contributed by atoms with E-state index in [1.54, 1.807) is 0 Å². The zero-order valence-corrected chi connectivity index (χ0v) is 12.7. The lowest BCUT2D eigenvalue weighted by atomic mass is 10.3. The maximum absolute atomic E-state index is 11.6. The number of hydrogen-bond donors (Lipinski definition) is 0. The second-order valence-electron chi connectivity index (χ2n) is 5.45. The fourth-order valence-electron chi connectivity index (χ4n) is 2.59. The van der Waals surface area contributed by atoms with Crippen LogP contribution in [0.4, 0.5) is 5.69 Å². The predicted molar refractivity (Wildman–Crippen MR) is 79.2 cm³/mol. The molecular weight excluding hydrogens is 310 g/mol. The van der Waals surface area contributed by atoms with E-state index in [2.05, 4.69) is 4.98 Å². The van der Waals surface area contributed by atoms with Gasteiger partial charge in [0.15, 0.2) is 15.4 Å². The summed E-state index contributed by atoms with van der Waals surface area (Å²) < 4.78 is 28.7. The number of rotatable bonds is 3. The highest BCUT2D eigenvalue weighted by molar-refractivity contribution is 7.91. The van der Waals surface area contributed by atoms with Gasteiger partial charge in [0.2, 0.25) is 5.89 Å². The number of nitrogens with zero attached hydrogens (tertiary/aromatic N) is 3. The highest BCUT2D eigenvalue weighted by atomic mass is 32.2. The first-order valence-electron chi connectivity index (χ1n) is 6.82. The molecule has 0 aliphatic carbocycles. The summed E-state index contributed by atoms with van der Waals surface area (Å²) >= 11 is 0. The summed E-state index contributed by atoms with van der Waals surface area (Å²) in [5.74, 6) is 0.684. The average Bonchev–Trinajstić information content (AvgIpc) is 2.82. The Bertz CT molecular complexity index is 829. The highest BCUT2D eigenvalue weighted by Gasteiger charge is 2.29. The SMILES string of the molecule is C[C@@H]1CS(=O)(=O)CCN1Cc1nc2cc([N+](=O)[O-])ccc2o1. The monoisotopic (exact) mass is 325 g/mol. The summed E-state index contributed by atoms with van der Waals surface area (Å²) in [5.41, 5.74) is 0.879. The van der Waals surface area contributed by atoms with E-state index in [4.69, 9.17) is 4.42 Å². The van der Waals surface area contributed by atoms with E-state index in [0.717, 1.165) is 0 Å². The van der Waals surface area contributed by atoms with E-state index >= 15 is 0 Å². The molecule has 0 amide bonds. The molecule has 1 aliphatic rings. The number of nitro benzene ring substituents is 1. The Hall–Kier alpha value is -2.00. The summed E-state index contributed by atoms with van der Waals surface area (Å²) in [6.45, 7) is 2.67. The van der Waals surface area contributed by atoms with Crippen LogP contribution >= 0.6 is 0 Å². The molecule has 0 spiro atoms. The van der Waals surface area contributed by atoms with Gasteiger partial charge in [-0.05, 0) is 13.0 Å². The van der Waals surface area contributed by atoms with Gasteiger partial charge in [0.05, 0.1) is 23.0 Å². The number of aromatic nitrogens is 1. The van der Waals surface area contributed by atoms with Gasteiger partial charge in [0.25, 0.3) is 5.69 Å². The van der Waals surface area contributed by atoms with Crippen LogP contribution in [-0.4, -0.2) is 47.3 Å². The van der Waals surface area contributed by atoms with Crippen molar-refractivity contribution in [1.82, 2.24) is 9.88 Å². The van der Waals surface area contributed by atoms with Gasteiger partial charge in [-0.15, -0.1) is 0 Å². The number of fused-ring (bicyclic) bond motifs is 1. The van der Waals surface area contributed by atoms with Crippen LogP contribution in [0.5, 0.6) is 0 Å². The van der Waals surface area contributed by atoms with Crippen molar-refractivity contribution in [1.29, 1.82) is 0 Å². The van der Waals surface area contributed by atoms with Crippen molar-refractivity contribution in [2.24, 2.45) is 0 Å². The maximum Gasteiger partial charge on any atom is 0.271 e. The number of hydrogen-bond acceptors (Lipinski definition) is 7. The molecule has 1 saturated heterocycles. The minimum absolute atomic E-state index is 0.0372. The van der Waals surface area contributed by atoms with E-state index in [1.165, 1.54) is 18.2 Å². The van der Waals surface area contributed by atoms with Gasteiger partial charge in [0.1, 0.15) is 5.52 Å². The van der Waals surface area contributed by atoms with E-state index in [-0.39, 0.29) is 23.2 Å². The fourth-order valence-corrected chi connectivity index (χ4v) is 4.21. The van der Waals surface area contributed by atoms with Crippen LogP contribution in [0.15, 0.2) is 22.6 Å². The number of nitro groups is 1. The molecule has 2 heterocycles. The van der Waals surface area contributed by atoms with Gasteiger partial charge in [-0.25, -0.2) is 13.4 Å². The molecule has 1 aromatic carbocycles. The Morgan fingerprint density at radius 1 is 1.50 bits per heavy atom. The third-order valence-corrected chi connectivity index (χ3v) is 5.57. The predicted octanol–water partition coefficient (Wildman–Crippen LogP) is 1.35. The van der Waals surface area contributed by atoms with Crippen LogP contribution in [0, 0.1) is 10.1 Å². The van der Waals surface area contributed by atoms with Crippen LogP contribution in [0.25, 0.3) is 11.1 Å². The molecule has 118 valence electrons. The molecular formula is C13H15N3O5S. The fraction of sp³-hybridized carbons (Fsp3) is 0.462. The quantitative estimate of drug-likeness (QED) is 0.619. The largest absolute Gasteiger partial charge is 0.439 e. The lowest BCUT2D eigenvalue weighted by Gasteiger charge is -2.31. The number of benzene rings is 1. The third kappa shape index (κ3) is 2.95. The summed E-state index contributed by atoms with van der Waals surface area (Å²) in [6.07, 6.45) is 0. The zero-order valence-electron chi connectivity index (χ0n) is 11.9. The molecule has 1 aromatic heterocycles.